The molecule has 1 aromatic carbocycles. The van der Waals surface area contributed by atoms with Crippen LogP contribution in [-0.2, 0) is 13.0 Å². The first-order valence-corrected chi connectivity index (χ1v) is 8.41. The van der Waals surface area contributed by atoms with Crippen LogP contribution in [0.25, 0.3) is 0 Å². The van der Waals surface area contributed by atoms with Gasteiger partial charge in [0.2, 0.25) is 0 Å². The van der Waals surface area contributed by atoms with Crippen molar-refractivity contribution in [1.82, 2.24) is 10.3 Å². The number of nitrogens with one attached hydrogen (secondary N) is 1. The highest BCUT2D eigenvalue weighted by atomic mass is 32.1. The number of rotatable bonds is 8. The van der Waals surface area contributed by atoms with Gasteiger partial charge in [-0.05, 0) is 44.0 Å². The van der Waals surface area contributed by atoms with Crippen LogP contribution < -0.4 is 10.1 Å². The molecule has 0 spiro atoms. The van der Waals surface area contributed by atoms with Crippen molar-refractivity contribution in [3.05, 3.63) is 45.4 Å². The molecule has 1 aromatic heterocycles. The molecule has 1 heterocycles. The molecule has 0 unspecified atom stereocenters. The number of aromatic nitrogens is 1. The van der Waals surface area contributed by atoms with Gasteiger partial charge < -0.3 is 10.1 Å². The lowest BCUT2D eigenvalue weighted by Crippen LogP contribution is -2.14. The van der Waals surface area contributed by atoms with Gasteiger partial charge in [0.15, 0.2) is 0 Å². The monoisotopic (exact) mass is 304 g/mol. The van der Waals surface area contributed by atoms with Gasteiger partial charge in [-0.3, -0.25) is 0 Å². The van der Waals surface area contributed by atoms with E-state index in [1.54, 1.807) is 11.3 Å². The van der Waals surface area contributed by atoms with Gasteiger partial charge in [0.25, 0.3) is 0 Å². The fourth-order valence-electron chi connectivity index (χ4n) is 2.07. The summed E-state index contributed by atoms with van der Waals surface area (Å²) in [4.78, 5) is 4.63. The lowest BCUT2D eigenvalue weighted by Gasteiger charge is -2.09. The molecular weight excluding hydrogens is 280 g/mol. The molecule has 0 aliphatic carbocycles. The molecule has 0 aliphatic rings. The molecule has 0 fully saturated rings. The first-order valence-electron chi connectivity index (χ1n) is 7.53. The SMILES string of the molecule is CCCNCc1csc(CCOc2cccc(C)c2C)n1. The van der Waals surface area contributed by atoms with E-state index in [2.05, 4.69) is 42.5 Å². The second-order valence-electron chi connectivity index (χ2n) is 5.21. The lowest BCUT2D eigenvalue weighted by molar-refractivity contribution is 0.319. The molecule has 0 aliphatic heterocycles. The maximum atomic E-state index is 5.88. The van der Waals surface area contributed by atoms with Crippen molar-refractivity contribution in [1.29, 1.82) is 0 Å². The zero-order chi connectivity index (χ0) is 15.1. The summed E-state index contributed by atoms with van der Waals surface area (Å²) < 4.78 is 5.88. The maximum Gasteiger partial charge on any atom is 0.122 e. The molecule has 4 heteroatoms. The van der Waals surface area contributed by atoms with E-state index in [1.165, 1.54) is 11.1 Å². The number of benzene rings is 1. The van der Waals surface area contributed by atoms with Crippen LogP contribution in [0.4, 0.5) is 0 Å². The summed E-state index contributed by atoms with van der Waals surface area (Å²) in [7, 11) is 0. The summed E-state index contributed by atoms with van der Waals surface area (Å²) in [6, 6.07) is 6.18. The smallest absolute Gasteiger partial charge is 0.122 e. The fraction of sp³-hybridized carbons (Fsp3) is 0.471. The van der Waals surface area contributed by atoms with Crippen molar-refractivity contribution in [2.75, 3.05) is 13.2 Å². The van der Waals surface area contributed by atoms with Crippen molar-refractivity contribution < 1.29 is 4.74 Å². The molecule has 1 N–H and O–H groups in total. The van der Waals surface area contributed by atoms with E-state index in [4.69, 9.17) is 4.74 Å². The Bertz CT molecular complexity index is 566. The number of nitrogens with zero attached hydrogens (tertiary/aromatic N) is 1. The Hall–Kier alpha value is -1.39. The fourth-order valence-corrected chi connectivity index (χ4v) is 2.85. The standard InChI is InChI=1S/C17H24N2OS/c1-4-9-18-11-15-12-21-17(19-15)8-10-20-16-7-5-6-13(2)14(16)3/h5-7,12,18H,4,8-11H2,1-3H3. The second-order valence-corrected chi connectivity index (χ2v) is 6.15. The molecule has 21 heavy (non-hydrogen) atoms. The number of ether oxygens (including phenoxy) is 1. The highest BCUT2D eigenvalue weighted by Gasteiger charge is 2.04. The summed E-state index contributed by atoms with van der Waals surface area (Å²) in [6.45, 7) is 8.97. The van der Waals surface area contributed by atoms with Crippen LogP contribution in [0.3, 0.4) is 0 Å². The maximum absolute atomic E-state index is 5.88. The Balaban J connectivity index is 1.79. The van der Waals surface area contributed by atoms with Crippen LogP contribution in [0.2, 0.25) is 0 Å². The molecule has 0 radical (unpaired) electrons. The van der Waals surface area contributed by atoms with Gasteiger partial charge in [0.1, 0.15) is 5.75 Å². The Labute approximate surface area is 131 Å². The highest BCUT2D eigenvalue weighted by Crippen LogP contribution is 2.21. The number of hydrogen-bond acceptors (Lipinski definition) is 4. The van der Waals surface area contributed by atoms with Crippen molar-refractivity contribution in [2.24, 2.45) is 0 Å². The van der Waals surface area contributed by atoms with E-state index in [1.807, 2.05) is 12.1 Å². The quantitative estimate of drug-likeness (QED) is 0.752. The Morgan fingerprint density at radius 2 is 2.14 bits per heavy atom. The number of thiazole rings is 1. The van der Waals surface area contributed by atoms with Crippen molar-refractivity contribution in [3.8, 4) is 5.75 Å². The van der Waals surface area contributed by atoms with Crippen LogP contribution in [-0.4, -0.2) is 18.1 Å². The largest absolute Gasteiger partial charge is 0.493 e. The van der Waals surface area contributed by atoms with Crippen LogP contribution in [0, 0.1) is 13.8 Å². The van der Waals surface area contributed by atoms with Crippen LogP contribution in [0.5, 0.6) is 5.75 Å². The van der Waals surface area contributed by atoms with E-state index in [9.17, 15) is 0 Å². The number of hydrogen-bond donors (Lipinski definition) is 1. The van der Waals surface area contributed by atoms with Gasteiger partial charge in [0, 0.05) is 18.3 Å². The minimum absolute atomic E-state index is 0.680. The summed E-state index contributed by atoms with van der Waals surface area (Å²) in [5, 5.41) is 6.65. The molecular formula is C17H24N2OS. The van der Waals surface area contributed by atoms with Crippen molar-refractivity contribution in [2.45, 2.75) is 40.2 Å². The van der Waals surface area contributed by atoms with Crippen molar-refractivity contribution in [3.63, 3.8) is 0 Å². The highest BCUT2D eigenvalue weighted by molar-refractivity contribution is 7.09. The molecule has 0 amide bonds. The van der Waals surface area contributed by atoms with Crippen molar-refractivity contribution >= 4 is 11.3 Å². The van der Waals surface area contributed by atoms with E-state index in [-0.39, 0.29) is 0 Å². The van der Waals surface area contributed by atoms with E-state index < -0.39 is 0 Å². The molecule has 0 saturated heterocycles. The Morgan fingerprint density at radius 1 is 1.29 bits per heavy atom. The second kappa shape index (κ2) is 8.15. The summed E-state index contributed by atoms with van der Waals surface area (Å²) >= 11 is 1.72. The third-order valence-electron chi connectivity index (χ3n) is 3.46. The minimum atomic E-state index is 0.680. The molecule has 3 nitrogen and oxygen atoms in total. The molecule has 0 bridgehead atoms. The summed E-state index contributed by atoms with van der Waals surface area (Å²) in [5.74, 6) is 0.983. The Kier molecular flexibility index (Phi) is 6.21. The van der Waals surface area contributed by atoms with Gasteiger partial charge in [-0.2, -0.15) is 0 Å². The zero-order valence-corrected chi connectivity index (χ0v) is 13.9. The average Bonchev–Trinajstić information content (AvgIpc) is 2.92. The zero-order valence-electron chi connectivity index (χ0n) is 13.1. The molecule has 0 atom stereocenters. The Morgan fingerprint density at radius 3 is 2.95 bits per heavy atom. The van der Waals surface area contributed by atoms with Gasteiger partial charge in [0.05, 0.1) is 17.3 Å². The topological polar surface area (TPSA) is 34.1 Å². The molecule has 2 rings (SSSR count). The van der Waals surface area contributed by atoms with Gasteiger partial charge in [-0.1, -0.05) is 19.1 Å². The average molecular weight is 304 g/mol. The molecule has 0 saturated carbocycles. The third-order valence-corrected chi connectivity index (χ3v) is 4.42. The third kappa shape index (κ3) is 4.83. The molecule has 2 aromatic rings. The summed E-state index contributed by atoms with van der Waals surface area (Å²) in [6.07, 6.45) is 2.02. The predicted molar refractivity (Wildman–Crippen MR) is 89.2 cm³/mol. The van der Waals surface area contributed by atoms with Gasteiger partial charge >= 0.3 is 0 Å². The van der Waals surface area contributed by atoms with Crippen LogP contribution in [0.1, 0.15) is 35.2 Å². The van der Waals surface area contributed by atoms with E-state index in [0.717, 1.165) is 42.4 Å². The van der Waals surface area contributed by atoms with Crippen LogP contribution in [0.15, 0.2) is 23.6 Å². The normalized spacial score (nSPS) is 10.8. The predicted octanol–water partition coefficient (Wildman–Crippen LogP) is 3.88. The minimum Gasteiger partial charge on any atom is -0.493 e. The summed E-state index contributed by atoms with van der Waals surface area (Å²) in [5.41, 5.74) is 3.63. The van der Waals surface area contributed by atoms with E-state index >= 15 is 0 Å². The lowest BCUT2D eigenvalue weighted by atomic mass is 10.1. The molecule has 114 valence electrons. The van der Waals surface area contributed by atoms with Gasteiger partial charge in [-0.25, -0.2) is 4.98 Å². The number of aryl methyl sites for hydroxylation is 1. The van der Waals surface area contributed by atoms with Crippen LogP contribution >= 0.6 is 11.3 Å². The first-order chi connectivity index (χ1) is 10.2. The first kappa shape index (κ1) is 16.0. The van der Waals surface area contributed by atoms with Gasteiger partial charge in [-0.15, -0.1) is 11.3 Å². The van der Waals surface area contributed by atoms with E-state index in [0.29, 0.717) is 6.61 Å².